The molecule has 2 rings (SSSR count). The minimum atomic E-state index is -0.0242. The molecule has 106 valence electrons. The zero-order valence-electron chi connectivity index (χ0n) is 12.3. The van der Waals surface area contributed by atoms with Crippen LogP contribution in [0.4, 0.5) is 0 Å². The maximum Gasteiger partial charge on any atom is 0.180 e. The second kappa shape index (κ2) is 9.27. The quantitative estimate of drug-likeness (QED) is 0.704. The Labute approximate surface area is 127 Å². The summed E-state index contributed by atoms with van der Waals surface area (Å²) in [6, 6.07) is 19.7. The largest absolute Gasteiger partial charge is 0.290 e. The van der Waals surface area contributed by atoms with Crippen LogP contribution in [-0.4, -0.2) is 5.78 Å². The number of hydrogen-bond acceptors (Lipinski definition) is 1. The second-order valence-electron chi connectivity index (χ2n) is 4.50. The predicted molar refractivity (Wildman–Crippen MR) is 91.8 cm³/mol. The van der Waals surface area contributed by atoms with Crippen LogP contribution in [0.25, 0.3) is 12.2 Å². The van der Waals surface area contributed by atoms with Gasteiger partial charge in [0.15, 0.2) is 5.78 Å². The molecule has 0 saturated carbocycles. The van der Waals surface area contributed by atoms with Crippen LogP contribution in [0.2, 0.25) is 0 Å². The van der Waals surface area contributed by atoms with E-state index in [4.69, 9.17) is 0 Å². The highest BCUT2D eigenvalue weighted by Crippen LogP contribution is 2.02. The normalized spacial score (nSPS) is 9.57. The van der Waals surface area contributed by atoms with Gasteiger partial charge in [0.25, 0.3) is 0 Å². The van der Waals surface area contributed by atoms with Crippen molar-refractivity contribution in [3.05, 3.63) is 96.6 Å². The van der Waals surface area contributed by atoms with E-state index in [1.54, 1.807) is 13.0 Å². The first-order valence-corrected chi connectivity index (χ1v) is 6.74. The lowest BCUT2D eigenvalue weighted by atomic mass is 10.1. The minimum Gasteiger partial charge on any atom is -0.290 e. The molecule has 0 aliphatic carbocycles. The fourth-order valence-corrected chi connectivity index (χ4v) is 1.47. The third-order valence-corrected chi connectivity index (χ3v) is 2.68. The summed E-state index contributed by atoms with van der Waals surface area (Å²) < 4.78 is 0. The van der Waals surface area contributed by atoms with E-state index in [2.05, 4.69) is 13.2 Å². The first-order chi connectivity index (χ1) is 10.1. The molecule has 0 aliphatic rings. The number of carbonyl (C=O) groups is 1. The van der Waals surface area contributed by atoms with Crippen LogP contribution in [0.3, 0.4) is 0 Å². The molecule has 0 saturated heterocycles. The van der Waals surface area contributed by atoms with Crippen molar-refractivity contribution in [2.45, 2.75) is 6.92 Å². The lowest BCUT2D eigenvalue weighted by Crippen LogP contribution is -1.91. The Morgan fingerprint density at radius 2 is 1.38 bits per heavy atom. The van der Waals surface area contributed by atoms with Crippen molar-refractivity contribution in [2.75, 3.05) is 0 Å². The molecular formula is C20H20O. The lowest BCUT2D eigenvalue weighted by Gasteiger charge is -1.91. The van der Waals surface area contributed by atoms with Crippen molar-refractivity contribution in [2.24, 2.45) is 0 Å². The van der Waals surface area contributed by atoms with Crippen LogP contribution in [0.5, 0.6) is 0 Å². The van der Waals surface area contributed by atoms with Crippen LogP contribution in [-0.2, 0) is 4.79 Å². The summed E-state index contributed by atoms with van der Waals surface area (Å²) in [5.41, 5.74) is 2.76. The maximum absolute atomic E-state index is 11.1. The number of hydrogen-bond donors (Lipinski definition) is 0. The van der Waals surface area contributed by atoms with Crippen molar-refractivity contribution in [1.82, 2.24) is 0 Å². The fourth-order valence-electron chi connectivity index (χ4n) is 1.47. The maximum atomic E-state index is 11.1. The van der Waals surface area contributed by atoms with Crippen LogP contribution in [0.15, 0.2) is 85.5 Å². The Balaban J connectivity index is 0.000000235. The molecule has 0 aliphatic heterocycles. The van der Waals surface area contributed by atoms with Crippen molar-refractivity contribution in [3.63, 3.8) is 0 Å². The van der Waals surface area contributed by atoms with Crippen molar-refractivity contribution in [1.29, 1.82) is 0 Å². The number of benzene rings is 2. The smallest absolute Gasteiger partial charge is 0.180 e. The highest BCUT2D eigenvalue weighted by molar-refractivity contribution is 6.05. The minimum absolute atomic E-state index is 0.0242. The van der Waals surface area contributed by atoms with Gasteiger partial charge in [-0.3, -0.25) is 4.79 Å². The zero-order valence-corrected chi connectivity index (χ0v) is 12.3. The topological polar surface area (TPSA) is 17.1 Å². The van der Waals surface area contributed by atoms with Crippen LogP contribution in [0.1, 0.15) is 18.1 Å². The van der Waals surface area contributed by atoms with Gasteiger partial charge in [-0.25, -0.2) is 0 Å². The summed E-state index contributed by atoms with van der Waals surface area (Å²) in [4.78, 5) is 11.1. The Hall–Kier alpha value is -2.67. The van der Waals surface area contributed by atoms with Gasteiger partial charge in [0.2, 0.25) is 0 Å². The van der Waals surface area contributed by atoms with Crippen LogP contribution in [0, 0.1) is 0 Å². The molecule has 0 atom stereocenters. The molecule has 0 spiro atoms. The first-order valence-electron chi connectivity index (χ1n) is 6.74. The van der Waals surface area contributed by atoms with Gasteiger partial charge in [-0.15, -0.1) is 0 Å². The van der Waals surface area contributed by atoms with Gasteiger partial charge >= 0.3 is 0 Å². The standard InChI is InChI=1S/C12H12O.C8H8/c1-10(2)12(13)9-8-11-6-4-3-5-7-11;1-2-8-6-4-3-5-7-8/h3-9H,1H2,2H3;2-7H,1H2. The van der Waals surface area contributed by atoms with E-state index in [0.29, 0.717) is 5.57 Å². The van der Waals surface area contributed by atoms with Crippen molar-refractivity contribution < 1.29 is 4.79 Å². The molecule has 0 unspecified atom stereocenters. The van der Waals surface area contributed by atoms with E-state index >= 15 is 0 Å². The fraction of sp³-hybridized carbons (Fsp3) is 0.0500. The van der Waals surface area contributed by atoms with Gasteiger partial charge in [-0.1, -0.05) is 86.0 Å². The summed E-state index contributed by atoms with van der Waals surface area (Å²) in [6.07, 6.45) is 5.16. The average molecular weight is 276 g/mol. The molecule has 1 heteroatoms. The van der Waals surface area contributed by atoms with Gasteiger partial charge in [0.05, 0.1) is 0 Å². The molecular weight excluding hydrogens is 256 g/mol. The molecule has 0 N–H and O–H groups in total. The summed E-state index contributed by atoms with van der Waals surface area (Å²) in [5.74, 6) is -0.0242. The third kappa shape index (κ3) is 6.88. The lowest BCUT2D eigenvalue weighted by molar-refractivity contribution is -0.111. The molecule has 0 bridgehead atoms. The third-order valence-electron chi connectivity index (χ3n) is 2.68. The number of allylic oxidation sites excluding steroid dienone is 2. The van der Waals surface area contributed by atoms with E-state index in [9.17, 15) is 4.79 Å². The van der Waals surface area contributed by atoms with Crippen molar-refractivity contribution in [3.8, 4) is 0 Å². The molecule has 0 heterocycles. The number of ketones is 1. The SMILES string of the molecule is C=C(C)C(=O)C=Cc1ccccc1.C=Cc1ccccc1. The van der Waals surface area contributed by atoms with E-state index < -0.39 is 0 Å². The molecule has 1 nitrogen and oxygen atoms in total. The van der Waals surface area contributed by atoms with E-state index in [1.807, 2.05) is 66.7 Å². The number of rotatable bonds is 4. The van der Waals surface area contributed by atoms with E-state index in [1.165, 1.54) is 11.6 Å². The van der Waals surface area contributed by atoms with Gasteiger partial charge in [-0.2, -0.15) is 0 Å². The van der Waals surface area contributed by atoms with Gasteiger partial charge in [0, 0.05) is 0 Å². The first kappa shape index (κ1) is 16.4. The predicted octanol–water partition coefficient (Wildman–Crippen LogP) is 5.17. The zero-order chi connectivity index (χ0) is 15.5. The molecule has 0 aromatic heterocycles. The Kier molecular flexibility index (Phi) is 7.23. The highest BCUT2D eigenvalue weighted by atomic mass is 16.1. The summed E-state index contributed by atoms with van der Waals surface area (Å²) in [5, 5.41) is 0. The monoisotopic (exact) mass is 276 g/mol. The molecule has 2 aromatic carbocycles. The van der Waals surface area contributed by atoms with E-state index in [0.717, 1.165) is 5.56 Å². The van der Waals surface area contributed by atoms with Gasteiger partial charge < -0.3 is 0 Å². The summed E-state index contributed by atoms with van der Waals surface area (Å²) >= 11 is 0. The Morgan fingerprint density at radius 3 is 1.76 bits per heavy atom. The second-order valence-corrected chi connectivity index (χ2v) is 4.50. The molecule has 0 radical (unpaired) electrons. The summed E-state index contributed by atoms with van der Waals surface area (Å²) in [7, 11) is 0. The molecule has 0 fully saturated rings. The molecule has 2 aromatic rings. The molecule has 21 heavy (non-hydrogen) atoms. The highest BCUT2D eigenvalue weighted by Gasteiger charge is 1.94. The van der Waals surface area contributed by atoms with Crippen molar-refractivity contribution >= 4 is 17.9 Å². The van der Waals surface area contributed by atoms with Crippen LogP contribution >= 0.6 is 0 Å². The molecule has 0 amide bonds. The summed E-state index contributed by atoms with van der Waals surface area (Å²) in [6.45, 7) is 8.90. The number of carbonyl (C=O) groups excluding carboxylic acids is 1. The van der Waals surface area contributed by atoms with E-state index in [-0.39, 0.29) is 5.78 Å². The Bertz CT molecular complexity index is 607. The van der Waals surface area contributed by atoms with Gasteiger partial charge in [-0.05, 0) is 29.7 Å². The van der Waals surface area contributed by atoms with Crippen LogP contribution < -0.4 is 0 Å². The van der Waals surface area contributed by atoms with Gasteiger partial charge in [0.1, 0.15) is 0 Å². The average Bonchev–Trinajstić information content (AvgIpc) is 2.55. The Morgan fingerprint density at radius 1 is 0.905 bits per heavy atom.